The first-order chi connectivity index (χ1) is 15.3. The lowest BCUT2D eigenvalue weighted by molar-refractivity contribution is -0.525. The minimum atomic E-state index is -0.839. The topological polar surface area (TPSA) is 156 Å². The zero-order valence-electron chi connectivity index (χ0n) is 18.4. The third-order valence-electron chi connectivity index (χ3n) is 6.11. The lowest BCUT2D eigenvalue weighted by atomic mass is 9.98. The molecule has 32 heavy (non-hydrogen) atoms. The summed E-state index contributed by atoms with van der Waals surface area (Å²) in [5, 5.41) is 29.0. The quantitative estimate of drug-likeness (QED) is 0.292. The maximum absolute atomic E-state index is 12.0. The largest absolute Gasteiger partial charge is 0.368 e. The maximum Gasteiger partial charge on any atom is 0.293 e. The van der Waals surface area contributed by atoms with E-state index in [1.807, 2.05) is 6.07 Å². The van der Waals surface area contributed by atoms with Crippen LogP contribution in [0, 0.1) is 20.2 Å². The van der Waals surface area contributed by atoms with Gasteiger partial charge >= 0.3 is 0 Å². The van der Waals surface area contributed by atoms with Crippen molar-refractivity contribution in [1.82, 2.24) is 5.43 Å². The Labute approximate surface area is 186 Å². The van der Waals surface area contributed by atoms with E-state index in [-0.39, 0.29) is 22.7 Å². The van der Waals surface area contributed by atoms with E-state index in [2.05, 4.69) is 33.9 Å². The summed E-state index contributed by atoms with van der Waals surface area (Å²) in [6.45, 7) is 5.85. The van der Waals surface area contributed by atoms with Crippen molar-refractivity contribution in [2.75, 3.05) is 22.9 Å². The Kier molecular flexibility index (Phi) is 7.44. The van der Waals surface area contributed by atoms with E-state index < -0.39 is 11.0 Å². The van der Waals surface area contributed by atoms with Gasteiger partial charge in [0.1, 0.15) is 5.69 Å². The number of hydrogen-bond donors (Lipinski definition) is 2. The van der Waals surface area contributed by atoms with Crippen LogP contribution in [-0.2, 0) is 0 Å². The number of hydrogen-bond acceptors (Lipinski definition) is 8. The molecule has 12 nitrogen and oxygen atoms in total. The molecule has 0 aliphatic carbocycles. The summed E-state index contributed by atoms with van der Waals surface area (Å²) in [4.78, 5) is 26.4. The Balaban J connectivity index is 2.08. The van der Waals surface area contributed by atoms with E-state index in [0.717, 1.165) is 57.3 Å². The summed E-state index contributed by atoms with van der Waals surface area (Å²) in [7, 11) is 0. The van der Waals surface area contributed by atoms with Gasteiger partial charge in [0.25, 0.3) is 11.6 Å². The normalized spacial score (nSPS) is 22.2. The van der Waals surface area contributed by atoms with Crippen molar-refractivity contribution >= 4 is 29.2 Å². The van der Waals surface area contributed by atoms with E-state index in [1.165, 1.54) is 12.3 Å². The number of nitro groups is 2. The van der Waals surface area contributed by atoms with Gasteiger partial charge in [-0.05, 0) is 58.4 Å². The molecule has 0 bridgehead atoms. The molecule has 3 N–H and O–H groups in total. The number of nitrogens with two attached hydrogens (primary N) is 1. The summed E-state index contributed by atoms with van der Waals surface area (Å²) < 4.78 is 0. The summed E-state index contributed by atoms with van der Waals surface area (Å²) in [6, 6.07) is 3.90. The van der Waals surface area contributed by atoms with Gasteiger partial charge in [0.2, 0.25) is 0 Å². The number of piperidine rings is 2. The molecule has 2 aliphatic rings. The molecular formula is C20H30N8O4. The van der Waals surface area contributed by atoms with Crippen molar-refractivity contribution in [1.29, 1.82) is 0 Å². The smallest absolute Gasteiger partial charge is 0.293 e. The van der Waals surface area contributed by atoms with Gasteiger partial charge in [0.15, 0.2) is 5.03 Å². The van der Waals surface area contributed by atoms with Crippen LogP contribution in [-0.4, -0.2) is 47.3 Å². The predicted molar refractivity (Wildman–Crippen MR) is 124 cm³/mol. The summed E-state index contributed by atoms with van der Waals surface area (Å²) in [5.74, 6) is -0.479. The van der Waals surface area contributed by atoms with E-state index in [0.29, 0.717) is 11.3 Å². The van der Waals surface area contributed by atoms with Crippen LogP contribution in [0.3, 0.4) is 0 Å². The minimum Gasteiger partial charge on any atom is -0.368 e. The van der Waals surface area contributed by atoms with Crippen LogP contribution in [0.5, 0.6) is 0 Å². The standard InChI is InChI=1S/C20H30N8O4/c1-14-7-3-5-9-25(14)17-12-18(26-10-6-4-8-15(26)2)19(27(29)30)11-16(17)13-22-23-20(21)24-28(31)32/h11-15H,3-10H2,1-2H3,(H3,21,23,24)/b22-13-/t14-,15-/m0/s1. The molecule has 0 amide bonds. The molecule has 2 atom stereocenters. The molecule has 2 fully saturated rings. The molecule has 2 saturated heterocycles. The Morgan fingerprint density at radius 3 is 2.19 bits per heavy atom. The number of nitrogens with one attached hydrogen (secondary N) is 1. The highest BCUT2D eigenvalue weighted by Gasteiger charge is 2.30. The fourth-order valence-electron chi connectivity index (χ4n) is 4.49. The molecule has 0 unspecified atom stereocenters. The third kappa shape index (κ3) is 5.42. The Morgan fingerprint density at radius 2 is 1.66 bits per heavy atom. The van der Waals surface area contributed by atoms with Crippen LogP contribution in [0.1, 0.15) is 57.9 Å². The molecule has 3 rings (SSSR count). The average Bonchev–Trinajstić information content (AvgIpc) is 2.74. The second kappa shape index (κ2) is 10.2. The Morgan fingerprint density at radius 1 is 1.06 bits per heavy atom. The number of hydrazine groups is 1. The second-order valence-electron chi connectivity index (χ2n) is 8.33. The highest BCUT2D eigenvalue weighted by molar-refractivity contribution is 5.92. The van der Waals surface area contributed by atoms with E-state index in [1.54, 1.807) is 5.43 Å². The first-order valence-corrected chi connectivity index (χ1v) is 10.9. The average molecular weight is 447 g/mol. The number of nitro benzene ring substituents is 1. The fourth-order valence-corrected chi connectivity index (χ4v) is 4.49. The van der Waals surface area contributed by atoms with Crippen LogP contribution in [0.4, 0.5) is 17.1 Å². The van der Waals surface area contributed by atoms with Gasteiger partial charge in [0, 0.05) is 42.5 Å². The number of guanidine groups is 1. The van der Waals surface area contributed by atoms with Crippen LogP contribution >= 0.6 is 0 Å². The predicted octanol–water partition coefficient (Wildman–Crippen LogP) is 2.78. The molecule has 0 radical (unpaired) electrons. The summed E-state index contributed by atoms with van der Waals surface area (Å²) in [6.07, 6.45) is 7.67. The van der Waals surface area contributed by atoms with Crippen LogP contribution in [0.2, 0.25) is 0 Å². The molecule has 1 aromatic carbocycles. The van der Waals surface area contributed by atoms with Crippen LogP contribution in [0.15, 0.2) is 22.3 Å². The molecule has 12 heteroatoms. The van der Waals surface area contributed by atoms with Crippen molar-refractivity contribution in [2.45, 2.75) is 64.5 Å². The van der Waals surface area contributed by atoms with E-state index in [4.69, 9.17) is 5.73 Å². The highest BCUT2D eigenvalue weighted by Crippen LogP contribution is 2.39. The lowest BCUT2D eigenvalue weighted by Gasteiger charge is -2.38. The van der Waals surface area contributed by atoms with Crippen molar-refractivity contribution in [2.24, 2.45) is 15.9 Å². The SMILES string of the molecule is C[C@H]1CCCCN1c1cc(N2CCCC[C@@H]2C)c([N+](=O)[O-])cc1/C=N\N=C(N)N[N+](=O)[O-]. The second-order valence-corrected chi connectivity index (χ2v) is 8.33. The first kappa shape index (κ1) is 23.2. The number of benzene rings is 1. The van der Waals surface area contributed by atoms with Gasteiger partial charge in [-0.1, -0.05) is 5.43 Å². The molecule has 0 saturated carbocycles. The van der Waals surface area contributed by atoms with Gasteiger partial charge in [-0.2, -0.15) is 5.10 Å². The fraction of sp³-hybridized carbons (Fsp3) is 0.600. The molecule has 0 spiro atoms. The van der Waals surface area contributed by atoms with Crippen molar-refractivity contribution in [3.8, 4) is 0 Å². The molecule has 2 heterocycles. The zero-order chi connectivity index (χ0) is 23.3. The van der Waals surface area contributed by atoms with Crippen molar-refractivity contribution in [3.63, 3.8) is 0 Å². The van der Waals surface area contributed by atoms with Gasteiger partial charge < -0.3 is 15.5 Å². The van der Waals surface area contributed by atoms with Gasteiger partial charge in [-0.3, -0.25) is 10.1 Å². The highest BCUT2D eigenvalue weighted by atomic mass is 16.7. The summed E-state index contributed by atoms with van der Waals surface area (Å²) >= 11 is 0. The number of nitrogens with zero attached hydrogens (tertiary/aromatic N) is 6. The van der Waals surface area contributed by atoms with E-state index >= 15 is 0 Å². The molecule has 2 aliphatic heterocycles. The van der Waals surface area contributed by atoms with E-state index in [9.17, 15) is 20.2 Å². The zero-order valence-corrected chi connectivity index (χ0v) is 18.4. The first-order valence-electron chi connectivity index (χ1n) is 10.9. The third-order valence-corrected chi connectivity index (χ3v) is 6.11. The van der Waals surface area contributed by atoms with Gasteiger partial charge in [0.05, 0.1) is 11.1 Å². The molecule has 1 aromatic rings. The number of rotatable bonds is 6. The van der Waals surface area contributed by atoms with Gasteiger partial charge in [-0.15, -0.1) is 5.10 Å². The minimum absolute atomic E-state index is 0.00832. The van der Waals surface area contributed by atoms with Gasteiger partial charge in [-0.25, -0.2) is 10.1 Å². The monoisotopic (exact) mass is 446 g/mol. The van der Waals surface area contributed by atoms with Crippen molar-refractivity contribution in [3.05, 3.63) is 37.9 Å². The molecular weight excluding hydrogens is 416 g/mol. The Hall–Kier alpha value is -3.44. The summed E-state index contributed by atoms with van der Waals surface area (Å²) in [5.41, 5.74) is 9.12. The van der Waals surface area contributed by atoms with Crippen LogP contribution < -0.4 is 21.0 Å². The van der Waals surface area contributed by atoms with Crippen LogP contribution in [0.25, 0.3) is 0 Å². The van der Waals surface area contributed by atoms with Crippen molar-refractivity contribution < 1.29 is 9.96 Å². The molecule has 174 valence electrons. The molecule has 0 aromatic heterocycles. The lowest BCUT2D eigenvalue weighted by Crippen LogP contribution is -2.40. The maximum atomic E-state index is 12.0. The Bertz CT molecular complexity index is 919. The number of anilines is 2.